The number of carbonyl (C=O) groups is 1. The molecule has 1 heterocycles. The van der Waals surface area contributed by atoms with Crippen LogP contribution in [0.1, 0.15) is 37.3 Å². The predicted octanol–water partition coefficient (Wildman–Crippen LogP) is 3.96. The first-order valence-corrected chi connectivity index (χ1v) is 14.7. The van der Waals surface area contributed by atoms with Gasteiger partial charge in [0.05, 0.1) is 22.7 Å². The molecule has 184 valence electrons. The summed E-state index contributed by atoms with van der Waals surface area (Å²) in [6, 6.07) is 11.7. The number of nitrogens with one attached hydrogen (secondary N) is 2. The molecule has 9 nitrogen and oxygen atoms in total. The van der Waals surface area contributed by atoms with Crippen molar-refractivity contribution in [3.8, 4) is 0 Å². The Morgan fingerprint density at radius 1 is 1.26 bits per heavy atom. The monoisotopic (exact) mass is 515 g/mol. The van der Waals surface area contributed by atoms with E-state index in [1.807, 2.05) is 19.1 Å². The quantitative estimate of drug-likeness (QED) is 0.496. The lowest BCUT2D eigenvalue weighted by Crippen LogP contribution is -2.42. The van der Waals surface area contributed by atoms with Crippen LogP contribution in [0.2, 0.25) is 0 Å². The number of carbonyl (C=O) groups excluding carboxylic acids is 1. The number of anilines is 2. The van der Waals surface area contributed by atoms with E-state index in [1.165, 1.54) is 25.3 Å². The summed E-state index contributed by atoms with van der Waals surface area (Å²) in [5.74, 6) is -0.128. The van der Waals surface area contributed by atoms with Gasteiger partial charge < -0.3 is 14.9 Å². The van der Waals surface area contributed by atoms with Gasteiger partial charge in [0.1, 0.15) is 17.2 Å². The van der Waals surface area contributed by atoms with Gasteiger partial charge in [0.2, 0.25) is 10.0 Å². The highest BCUT2D eigenvalue weighted by Crippen LogP contribution is 2.53. The van der Waals surface area contributed by atoms with Crippen LogP contribution in [0.5, 0.6) is 0 Å². The zero-order chi connectivity index (χ0) is 25.2. The second-order valence-corrected chi connectivity index (χ2v) is 13.3. The fourth-order valence-electron chi connectivity index (χ4n) is 4.87. The van der Waals surface area contributed by atoms with Gasteiger partial charge in [0, 0.05) is 18.4 Å². The van der Waals surface area contributed by atoms with Crippen LogP contribution >= 0.6 is 7.52 Å². The first-order chi connectivity index (χ1) is 16.4. The van der Waals surface area contributed by atoms with Crippen LogP contribution in [0.3, 0.4) is 0 Å². The molecular weight excluding hydrogens is 489 g/mol. The average molecular weight is 516 g/mol. The minimum Gasteiger partial charge on any atom is -0.506 e. The molecule has 1 fully saturated rings. The first-order valence-electron chi connectivity index (χ1n) is 11.2. The van der Waals surface area contributed by atoms with E-state index in [4.69, 9.17) is 4.52 Å². The van der Waals surface area contributed by atoms with E-state index < -0.39 is 23.0 Å². The summed E-state index contributed by atoms with van der Waals surface area (Å²) in [5, 5.41) is 14.4. The van der Waals surface area contributed by atoms with Crippen molar-refractivity contribution in [2.24, 2.45) is 10.7 Å². The van der Waals surface area contributed by atoms with Crippen molar-refractivity contribution >= 4 is 51.6 Å². The van der Waals surface area contributed by atoms with E-state index in [2.05, 4.69) is 14.8 Å². The lowest BCUT2D eigenvalue weighted by atomic mass is 9.67. The van der Waals surface area contributed by atoms with Gasteiger partial charge in [-0.1, -0.05) is 37.1 Å². The third-order valence-electron chi connectivity index (χ3n) is 6.71. The Kier molecular flexibility index (Phi) is 5.47. The number of rotatable bonds is 6. The van der Waals surface area contributed by atoms with Crippen molar-refractivity contribution in [2.45, 2.75) is 31.6 Å². The average Bonchev–Trinajstić information content (AvgIpc) is 3.61. The number of ketones is 1. The maximum Gasteiger partial charge on any atom is 0.348 e. The number of aliphatic hydroxyl groups is 1. The van der Waals surface area contributed by atoms with Crippen molar-refractivity contribution in [2.75, 3.05) is 23.4 Å². The van der Waals surface area contributed by atoms with Crippen molar-refractivity contribution < 1.29 is 27.4 Å². The van der Waals surface area contributed by atoms with Crippen LogP contribution < -0.4 is 15.3 Å². The van der Waals surface area contributed by atoms with Crippen LogP contribution in [-0.4, -0.2) is 38.5 Å². The molecule has 2 aromatic carbocycles. The largest absolute Gasteiger partial charge is 0.506 e. The molecule has 2 aromatic rings. The Morgan fingerprint density at radius 2 is 1.97 bits per heavy atom. The van der Waals surface area contributed by atoms with Crippen LogP contribution in [0.4, 0.5) is 11.4 Å². The van der Waals surface area contributed by atoms with E-state index in [1.54, 1.807) is 12.1 Å². The number of benzene rings is 2. The fourth-order valence-corrected chi connectivity index (χ4v) is 6.96. The molecule has 1 saturated carbocycles. The van der Waals surface area contributed by atoms with Gasteiger partial charge in [-0.25, -0.2) is 8.42 Å². The highest BCUT2D eigenvalue weighted by molar-refractivity contribution is 7.92. The van der Waals surface area contributed by atoms with Crippen LogP contribution in [0.15, 0.2) is 52.8 Å². The third-order valence-corrected chi connectivity index (χ3v) is 9.25. The molecule has 3 aliphatic rings. The third kappa shape index (κ3) is 4.09. The van der Waals surface area contributed by atoms with Gasteiger partial charge in [0.15, 0.2) is 5.78 Å². The number of amidine groups is 1. The Morgan fingerprint density at radius 3 is 2.63 bits per heavy atom. The Balaban J connectivity index is 1.64. The molecule has 2 unspecified atom stereocenters. The Hall–Kier alpha value is -2.94. The summed E-state index contributed by atoms with van der Waals surface area (Å²) in [6.07, 6.45) is 3.78. The number of Topliss-reactive ketones (excluding diaryl/α,β-unsaturated/α-hetero) is 1. The highest BCUT2D eigenvalue weighted by atomic mass is 32.2. The summed E-state index contributed by atoms with van der Waals surface area (Å²) in [7, 11) is -6.23. The molecule has 3 N–H and O–H groups in total. The topological polar surface area (TPSA) is 134 Å². The molecule has 0 radical (unpaired) electrons. The number of hydrogen-bond acceptors (Lipinski definition) is 7. The molecule has 0 amide bonds. The van der Waals surface area contributed by atoms with Crippen molar-refractivity contribution in [1.82, 2.24) is 0 Å². The van der Waals surface area contributed by atoms with E-state index in [0.717, 1.165) is 24.7 Å². The standard InChI is InChI=1S/C24H26N3O6PS/c1-24(13-14-8-9-14)17-7-5-4-6-16(17)21(28)20(22(24)29)23-25-18-11-10-15(27-35(3,31)32)12-19(18)34(30,26-23)33-2/h4-7,10-12,14,27-28H,8-9,13H2,1-3H3,(H,25,26,30). The normalized spacial score (nSPS) is 25.9. The van der Waals surface area contributed by atoms with Gasteiger partial charge in [-0.3, -0.25) is 14.1 Å². The molecule has 2 aliphatic carbocycles. The van der Waals surface area contributed by atoms with Gasteiger partial charge in [-0.05, 0) is 43.0 Å². The molecule has 0 bridgehead atoms. The van der Waals surface area contributed by atoms with E-state index in [-0.39, 0.29) is 33.9 Å². The summed E-state index contributed by atoms with van der Waals surface area (Å²) in [4.78, 5) is 14.0. The summed E-state index contributed by atoms with van der Waals surface area (Å²) < 4.78 is 49.0. The zero-order valence-electron chi connectivity index (χ0n) is 19.5. The van der Waals surface area contributed by atoms with Crippen molar-refractivity contribution in [1.29, 1.82) is 0 Å². The summed E-state index contributed by atoms with van der Waals surface area (Å²) in [5.41, 5.74) is 0.945. The first kappa shape index (κ1) is 23.8. The van der Waals surface area contributed by atoms with Crippen molar-refractivity contribution in [3.63, 3.8) is 0 Å². The highest BCUT2D eigenvalue weighted by Gasteiger charge is 2.49. The van der Waals surface area contributed by atoms with Crippen LogP contribution in [0.25, 0.3) is 5.76 Å². The van der Waals surface area contributed by atoms with E-state index >= 15 is 0 Å². The number of hydrogen-bond donors (Lipinski definition) is 3. The minimum absolute atomic E-state index is 0.0342. The Labute approximate surface area is 203 Å². The molecule has 0 spiro atoms. The SMILES string of the molecule is COP1(=O)N=C(C2=C(O)c3ccccc3C(C)(CC3CC3)C2=O)Nc2ccc(NS(C)(=O)=O)cc21. The number of nitrogens with zero attached hydrogens (tertiary/aromatic N) is 1. The molecule has 0 aromatic heterocycles. The molecule has 35 heavy (non-hydrogen) atoms. The molecule has 2 atom stereocenters. The Bertz CT molecular complexity index is 1480. The second kappa shape index (κ2) is 8.05. The van der Waals surface area contributed by atoms with Crippen molar-refractivity contribution in [3.05, 3.63) is 59.2 Å². The fraction of sp³-hybridized carbons (Fsp3) is 0.333. The van der Waals surface area contributed by atoms with E-state index in [9.17, 15) is 22.9 Å². The summed E-state index contributed by atoms with van der Waals surface area (Å²) >= 11 is 0. The molecule has 0 saturated heterocycles. The van der Waals surface area contributed by atoms with E-state index in [0.29, 0.717) is 23.6 Å². The van der Waals surface area contributed by atoms with Crippen LogP contribution in [0, 0.1) is 5.92 Å². The smallest absolute Gasteiger partial charge is 0.348 e. The molecule has 1 aliphatic heterocycles. The number of sulfonamides is 1. The van der Waals surface area contributed by atoms with Gasteiger partial charge in [-0.15, -0.1) is 0 Å². The maximum atomic E-state index is 14.0. The molecule has 5 rings (SSSR count). The van der Waals surface area contributed by atoms with Gasteiger partial charge in [0.25, 0.3) is 0 Å². The number of fused-ring (bicyclic) bond motifs is 2. The predicted molar refractivity (Wildman–Crippen MR) is 136 cm³/mol. The second-order valence-electron chi connectivity index (χ2n) is 9.46. The minimum atomic E-state index is -3.90. The van der Waals surface area contributed by atoms with Gasteiger partial charge in [-0.2, -0.15) is 4.76 Å². The summed E-state index contributed by atoms with van der Waals surface area (Å²) in [6.45, 7) is 1.88. The number of aliphatic hydroxyl groups excluding tert-OH is 1. The lowest BCUT2D eigenvalue weighted by Gasteiger charge is -2.37. The molecular formula is C24H26N3O6PS. The maximum absolute atomic E-state index is 14.0. The van der Waals surface area contributed by atoms with Crippen LogP contribution in [-0.2, 0) is 29.3 Å². The zero-order valence-corrected chi connectivity index (χ0v) is 21.2. The van der Waals surface area contributed by atoms with Gasteiger partial charge >= 0.3 is 7.52 Å². The molecule has 11 heteroatoms. The lowest BCUT2D eigenvalue weighted by molar-refractivity contribution is -0.120.